The number of hydrogen-bond donors (Lipinski definition) is 0. The van der Waals surface area contributed by atoms with Gasteiger partial charge >= 0.3 is 0 Å². The van der Waals surface area contributed by atoms with E-state index in [-0.39, 0.29) is 10.9 Å². The predicted octanol–water partition coefficient (Wildman–Crippen LogP) is 2.36. The Labute approximate surface area is 91.8 Å². The molecule has 0 saturated heterocycles. The zero-order valence-electron chi connectivity index (χ0n) is 7.72. The second-order valence-electron chi connectivity index (χ2n) is 2.92. The first kappa shape index (κ1) is 9.80. The van der Waals surface area contributed by atoms with Crippen LogP contribution in [0.15, 0.2) is 42.7 Å². The molecule has 0 bridgehead atoms. The largest absolute Gasteiger partial charge is 0.287 e. The van der Waals surface area contributed by atoms with Gasteiger partial charge in [-0.05, 0) is 0 Å². The number of aromatic nitrogens is 2. The highest BCUT2D eigenvalue weighted by atomic mass is 35.5. The van der Waals surface area contributed by atoms with E-state index >= 15 is 0 Å². The summed E-state index contributed by atoms with van der Waals surface area (Å²) in [6.45, 7) is 0. The van der Waals surface area contributed by atoms with E-state index in [0.29, 0.717) is 11.3 Å². The first-order valence-electron chi connectivity index (χ1n) is 4.34. The van der Waals surface area contributed by atoms with Gasteiger partial charge in [-0.1, -0.05) is 41.9 Å². The minimum absolute atomic E-state index is 0.153. The minimum atomic E-state index is -0.153. The van der Waals surface area contributed by atoms with Crippen LogP contribution in [0.25, 0.3) is 0 Å². The normalized spacial score (nSPS) is 9.93. The fourth-order valence-corrected chi connectivity index (χ4v) is 1.26. The summed E-state index contributed by atoms with van der Waals surface area (Å²) in [5.41, 5.74) is 0.889. The van der Waals surface area contributed by atoms with Gasteiger partial charge in [-0.2, -0.15) is 0 Å². The maximum atomic E-state index is 11.8. The molecule has 74 valence electrons. The lowest BCUT2D eigenvalue weighted by molar-refractivity contribution is 0.103. The van der Waals surface area contributed by atoms with E-state index in [1.54, 1.807) is 24.3 Å². The standard InChI is InChI=1S/C11H7ClN2O/c12-10-7-13-9(6-14-10)11(15)8-4-2-1-3-5-8/h1-7H. The molecule has 2 rings (SSSR count). The van der Waals surface area contributed by atoms with Gasteiger partial charge in [0.15, 0.2) is 0 Å². The Hall–Kier alpha value is -1.74. The van der Waals surface area contributed by atoms with Gasteiger partial charge < -0.3 is 0 Å². The molecule has 0 radical (unpaired) electrons. The van der Waals surface area contributed by atoms with Crippen LogP contribution in [0.5, 0.6) is 0 Å². The number of nitrogens with zero attached hydrogens (tertiary/aromatic N) is 2. The van der Waals surface area contributed by atoms with E-state index in [2.05, 4.69) is 9.97 Å². The molecule has 4 heteroatoms. The van der Waals surface area contributed by atoms with Gasteiger partial charge in [0.1, 0.15) is 10.8 Å². The first-order chi connectivity index (χ1) is 7.27. The summed E-state index contributed by atoms with van der Waals surface area (Å²) in [4.78, 5) is 19.5. The summed E-state index contributed by atoms with van der Waals surface area (Å²) < 4.78 is 0. The van der Waals surface area contributed by atoms with Gasteiger partial charge in [0.2, 0.25) is 5.78 Å². The summed E-state index contributed by atoms with van der Waals surface area (Å²) in [5.74, 6) is -0.153. The molecule has 0 atom stereocenters. The topological polar surface area (TPSA) is 42.9 Å². The Kier molecular flexibility index (Phi) is 2.74. The van der Waals surface area contributed by atoms with E-state index in [4.69, 9.17) is 11.6 Å². The molecular weight excluding hydrogens is 212 g/mol. The molecule has 0 aliphatic rings. The molecule has 0 aliphatic carbocycles. The summed E-state index contributed by atoms with van der Waals surface area (Å²) in [6.07, 6.45) is 2.73. The van der Waals surface area contributed by atoms with Crippen molar-refractivity contribution in [3.05, 3.63) is 59.1 Å². The summed E-state index contributed by atoms with van der Waals surface area (Å²) in [7, 11) is 0. The zero-order valence-corrected chi connectivity index (χ0v) is 8.48. The quantitative estimate of drug-likeness (QED) is 0.727. The molecule has 0 unspecified atom stereocenters. The number of halogens is 1. The van der Waals surface area contributed by atoms with Crippen molar-refractivity contribution in [1.82, 2.24) is 9.97 Å². The van der Waals surface area contributed by atoms with Crippen molar-refractivity contribution in [2.75, 3.05) is 0 Å². The third-order valence-electron chi connectivity index (χ3n) is 1.89. The molecular formula is C11H7ClN2O. The maximum absolute atomic E-state index is 11.8. The van der Waals surface area contributed by atoms with E-state index in [1.165, 1.54) is 12.4 Å². The molecule has 1 aromatic carbocycles. The van der Waals surface area contributed by atoms with Crippen LogP contribution in [0.1, 0.15) is 16.1 Å². The minimum Gasteiger partial charge on any atom is -0.287 e. The van der Waals surface area contributed by atoms with E-state index in [0.717, 1.165) is 0 Å². The number of ketones is 1. The molecule has 0 N–H and O–H groups in total. The molecule has 1 aromatic heterocycles. The van der Waals surface area contributed by atoms with Crippen molar-refractivity contribution < 1.29 is 4.79 Å². The van der Waals surface area contributed by atoms with Crippen LogP contribution in [0.4, 0.5) is 0 Å². The van der Waals surface area contributed by atoms with E-state index in [1.807, 2.05) is 6.07 Å². The summed E-state index contributed by atoms with van der Waals surface area (Å²) in [5, 5.41) is 0.277. The maximum Gasteiger partial charge on any atom is 0.212 e. The van der Waals surface area contributed by atoms with Gasteiger partial charge in [-0.3, -0.25) is 4.79 Å². The van der Waals surface area contributed by atoms with Gasteiger partial charge in [0.25, 0.3) is 0 Å². The smallest absolute Gasteiger partial charge is 0.212 e. The van der Waals surface area contributed by atoms with E-state index in [9.17, 15) is 4.79 Å². The molecule has 0 spiro atoms. The van der Waals surface area contributed by atoms with Crippen LogP contribution in [0.2, 0.25) is 5.15 Å². The highest BCUT2D eigenvalue weighted by Crippen LogP contribution is 2.08. The van der Waals surface area contributed by atoms with E-state index < -0.39 is 0 Å². The molecule has 0 saturated carbocycles. The first-order valence-corrected chi connectivity index (χ1v) is 4.72. The van der Waals surface area contributed by atoms with Crippen molar-refractivity contribution in [3.63, 3.8) is 0 Å². The lowest BCUT2D eigenvalue weighted by atomic mass is 10.1. The summed E-state index contributed by atoms with van der Waals surface area (Å²) >= 11 is 5.58. The van der Waals surface area contributed by atoms with Crippen LogP contribution >= 0.6 is 11.6 Å². The van der Waals surface area contributed by atoms with Crippen molar-refractivity contribution in [2.24, 2.45) is 0 Å². The third kappa shape index (κ3) is 2.19. The lowest BCUT2D eigenvalue weighted by Gasteiger charge is -1.98. The average molecular weight is 219 g/mol. The van der Waals surface area contributed by atoms with Crippen molar-refractivity contribution in [1.29, 1.82) is 0 Å². The Bertz CT molecular complexity index is 468. The molecule has 1 heterocycles. The fourth-order valence-electron chi connectivity index (χ4n) is 1.17. The van der Waals surface area contributed by atoms with Crippen LogP contribution in [-0.4, -0.2) is 15.8 Å². The monoisotopic (exact) mass is 218 g/mol. The van der Waals surface area contributed by atoms with Crippen molar-refractivity contribution in [2.45, 2.75) is 0 Å². The Morgan fingerprint density at radius 1 is 1.07 bits per heavy atom. The molecule has 0 aliphatic heterocycles. The van der Waals surface area contributed by atoms with Crippen LogP contribution in [0, 0.1) is 0 Å². The second-order valence-corrected chi connectivity index (χ2v) is 3.31. The van der Waals surface area contributed by atoms with Gasteiger partial charge in [0, 0.05) is 5.56 Å². The zero-order chi connectivity index (χ0) is 10.7. The van der Waals surface area contributed by atoms with Crippen molar-refractivity contribution in [3.8, 4) is 0 Å². The van der Waals surface area contributed by atoms with Crippen molar-refractivity contribution >= 4 is 17.4 Å². The highest BCUT2D eigenvalue weighted by Gasteiger charge is 2.09. The van der Waals surface area contributed by atoms with Crippen LogP contribution in [0.3, 0.4) is 0 Å². The Balaban J connectivity index is 2.33. The molecule has 15 heavy (non-hydrogen) atoms. The Morgan fingerprint density at radius 3 is 2.40 bits per heavy atom. The van der Waals surface area contributed by atoms with Gasteiger partial charge in [-0.15, -0.1) is 0 Å². The lowest BCUT2D eigenvalue weighted by Crippen LogP contribution is -2.04. The van der Waals surface area contributed by atoms with Gasteiger partial charge in [-0.25, -0.2) is 9.97 Å². The molecule has 2 aromatic rings. The molecule has 3 nitrogen and oxygen atoms in total. The number of benzene rings is 1. The number of hydrogen-bond acceptors (Lipinski definition) is 3. The number of carbonyl (C=O) groups is 1. The fraction of sp³-hybridized carbons (Fsp3) is 0. The number of rotatable bonds is 2. The third-order valence-corrected chi connectivity index (χ3v) is 2.08. The molecule has 0 fully saturated rings. The summed E-state index contributed by atoms with van der Waals surface area (Å²) in [6, 6.07) is 8.93. The molecule has 0 amide bonds. The average Bonchev–Trinajstić information content (AvgIpc) is 2.30. The SMILES string of the molecule is O=C(c1ccccc1)c1cnc(Cl)cn1. The van der Waals surface area contributed by atoms with Crippen LogP contribution < -0.4 is 0 Å². The van der Waals surface area contributed by atoms with Crippen LogP contribution in [-0.2, 0) is 0 Å². The second kappa shape index (κ2) is 4.19. The Morgan fingerprint density at radius 2 is 1.80 bits per heavy atom. The number of carbonyl (C=O) groups excluding carboxylic acids is 1. The highest BCUT2D eigenvalue weighted by molar-refractivity contribution is 6.29. The predicted molar refractivity (Wildman–Crippen MR) is 56.9 cm³/mol. The van der Waals surface area contributed by atoms with Gasteiger partial charge in [0.05, 0.1) is 12.4 Å².